The number of aromatic nitrogens is 2. The lowest BCUT2D eigenvalue weighted by Crippen LogP contribution is -1.81. The van der Waals surface area contributed by atoms with Gasteiger partial charge in [-0.25, -0.2) is 6.57 Å². The van der Waals surface area contributed by atoms with Crippen LogP contribution in [0, 0.1) is 13.5 Å². The summed E-state index contributed by atoms with van der Waals surface area (Å²) < 4.78 is 0. The van der Waals surface area contributed by atoms with Crippen molar-refractivity contribution in [3.63, 3.8) is 0 Å². The van der Waals surface area contributed by atoms with Crippen molar-refractivity contribution in [3.05, 3.63) is 28.9 Å². The Bertz CT molecular complexity index is 231. The molecule has 0 bridgehead atoms. The maximum absolute atomic E-state index is 6.55. The number of hydrogen-bond acceptors (Lipinski definition) is 1. The van der Waals surface area contributed by atoms with Crippen molar-refractivity contribution in [1.82, 2.24) is 10.2 Å². The van der Waals surface area contributed by atoms with E-state index in [-0.39, 0.29) is 0 Å². The number of aryl methyl sites for hydroxylation is 1. The largest absolute Gasteiger partial charge is 0.310 e. The summed E-state index contributed by atoms with van der Waals surface area (Å²) in [5.41, 5.74) is 1.98. The monoisotopic (exact) mass is 121 g/mol. The van der Waals surface area contributed by atoms with Gasteiger partial charge in [0, 0.05) is 0 Å². The van der Waals surface area contributed by atoms with Gasteiger partial charge >= 0.3 is 0 Å². The molecule has 3 nitrogen and oxygen atoms in total. The normalized spacial score (nSPS) is 8.89. The van der Waals surface area contributed by atoms with Crippen LogP contribution in [0.4, 0.5) is 0 Å². The van der Waals surface area contributed by atoms with Gasteiger partial charge < -0.3 is 4.85 Å². The summed E-state index contributed by atoms with van der Waals surface area (Å²) in [4.78, 5) is 3.22. The number of nitrogens with one attached hydrogen (secondary N) is 1. The molecule has 0 aliphatic heterocycles. The first-order valence-electron chi connectivity index (χ1n) is 2.66. The minimum atomic E-state index is 0.409. The molecule has 0 spiro atoms. The second-order valence-corrected chi connectivity index (χ2v) is 1.85. The standard InChI is InChI=1S/C6H7N3/c1-5-3-8-9-6(5)4-7-2/h3H,4H2,1H3,(H,8,9). The number of H-pyrrole nitrogens is 1. The lowest BCUT2D eigenvalue weighted by atomic mass is 10.3. The average Bonchev–Trinajstić information content (AvgIpc) is 2.18. The van der Waals surface area contributed by atoms with Crippen LogP contribution in [0.5, 0.6) is 0 Å². The molecular weight excluding hydrogens is 114 g/mol. The highest BCUT2D eigenvalue weighted by Gasteiger charge is 1.99. The maximum Gasteiger partial charge on any atom is 0.256 e. The Morgan fingerprint density at radius 3 is 3.11 bits per heavy atom. The van der Waals surface area contributed by atoms with E-state index >= 15 is 0 Å². The molecule has 1 N–H and O–H groups in total. The molecule has 0 aliphatic rings. The summed E-state index contributed by atoms with van der Waals surface area (Å²) in [5, 5.41) is 6.51. The van der Waals surface area contributed by atoms with Crippen molar-refractivity contribution in [2.45, 2.75) is 13.5 Å². The third kappa shape index (κ3) is 1.08. The van der Waals surface area contributed by atoms with Gasteiger partial charge in [0.1, 0.15) is 5.69 Å². The Kier molecular flexibility index (Phi) is 1.50. The molecule has 0 amide bonds. The van der Waals surface area contributed by atoms with Crippen molar-refractivity contribution in [2.24, 2.45) is 0 Å². The maximum atomic E-state index is 6.55. The molecule has 0 fully saturated rings. The second kappa shape index (κ2) is 2.31. The molecule has 1 heterocycles. The lowest BCUT2D eigenvalue weighted by Gasteiger charge is -1.82. The number of nitrogens with zero attached hydrogens (tertiary/aromatic N) is 2. The highest BCUT2D eigenvalue weighted by atomic mass is 15.1. The first-order valence-corrected chi connectivity index (χ1v) is 2.66. The molecule has 9 heavy (non-hydrogen) atoms. The van der Waals surface area contributed by atoms with E-state index in [2.05, 4.69) is 15.0 Å². The van der Waals surface area contributed by atoms with Crippen LogP contribution in [-0.4, -0.2) is 10.2 Å². The quantitative estimate of drug-likeness (QED) is 0.555. The lowest BCUT2D eigenvalue weighted by molar-refractivity contribution is 1.01. The van der Waals surface area contributed by atoms with Crippen LogP contribution in [0.3, 0.4) is 0 Å². The van der Waals surface area contributed by atoms with Gasteiger partial charge in [0.2, 0.25) is 0 Å². The summed E-state index contributed by atoms with van der Waals surface area (Å²) in [6, 6.07) is 0. The number of hydrogen-bond donors (Lipinski definition) is 1. The van der Waals surface area contributed by atoms with E-state index in [0.29, 0.717) is 6.54 Å². The zero-order valence-corrected chi connectivity index (χ0v) is 5.18. The van der Waals surface area contributed by atoms with E-state index in [1.165, 1.54) is 0 Å². The summed E-state index contributed by atoms with van der Waals surface area (Å²) in [6.07, 6.45) is 1.72. The minimum Gasteiger partial charge on any atom is -0.310 e. The molecular formula is C6H7N3. The predicted molar refractivity (Wildman–Crippen MR) is 33.6 cm³/mol. The van der Waals surface area contributed by atoms with Gasteiger partial charge in [-0.05, 0) is 12.5 Å². The Morgan fingerprint density at radius 2 is 2.67 bits per heavy atom. The van der Waals surface area contributed by atoms with Crippen molar-refractivity contribution in [1.29, 1.82) is 0 Å². The van der Waals surface area contributed by atoms with Crippen molar-refractivity contribution in [2.75, 3.05) is 0 Å². The smallest absolute Gasteiger partial charge is 0.256 e. The molecule has 1 aromatic heterocycles. The summed E-state index contributed by atoms with van der Waals surface area (Å²) in [7, 11) is 0. The number of aromatic amines is 1. The molecule has 0 radical (unpaired) electrons. The van der Waals surface area contributed by atoms with Gasteiger partial charge in [-0.2, -0.15) is 5.10 Å². The molecule has 1 aromatic rings. The van der Waals surface area contributed by atoms with Crippen molar-refractivity contribution < 1.29 is 0 Å². The second-order valence-electron chi connectivity index (χ2n) is 1.85. The first kappa shape index (κ1) is 5.83. The van der Waals surface area contributed by atoms with E-state index in [9.17, 15) is 0 Å². The Morgan fingerprint density at radius 1 is 1.89 bits per heavy atom. The zero-order chi connectivity index (χ0) is 6.69. The first-order chi connectivity index (χ1) is 4.34. The minimum absolute atomic E-state index is 0.409. The Balaban J connectivity index is 2.84. The third-order valence-electron chi connectivity index (χ3n) is 1.17. The molecule has 0 unspecified atom stereocenters. The third-order valence-corrected chi connectivity index (χ3v) is 1.17. The molecule has 0 saturated carbocycles. The van der Waals surface area contributed by atoms with Crippen LogP contribution in [0.1, 0.15) is 11.3 Å². The van der Waals surface area contributed by atoms with Gasteiger partial charge in [-0.1, -0.05) is 0 Å². The molecule has 0 saturated heterocycles. The molecule has 0 aliphatic carbocycles. The highest BCUT2D eigenvalue weighted by Crippen LogP contribution is 2.02. The Hall–Kier alpha value is -1.30. The zero-order valence-electron chi connectivity index (χ0n) is 5.18. The van der Waals surface area contributed by atoms with Gasteiger partial charge in [0.15, 0.2) is 0 Å². The fourth-order valence-electron chi connectivity index (χ4n) is 0.612. The van der Waals surface area contributed by atoms with E-state index in [1.54, 1.807) is 6.20 Å². The van der Waals surface area contributed by atoms with Gasteiger partial charge in [-0.15, -0.1) is 0 Å². The van der Waals surface area contributed by atoms with Crippen LogP contribution in [0.15, 0.2) is 6.20 Å². The van der Waals surface area contributed by atoms with E-state index < -0.39 is 0 Å². The molecule has 3 heteroatoms. The van der Waals surface area contributed by atoms with Crippen molar-refractivity contribution in [3.8, 4) is 0 Å². The van der Waals surface area contributed by atoms with Gasteiger partial charge in [-0.3, -0.25) is 5.10 Å². The van der Waals surface area contributed by atoms with Crippen molar-refractivity contribution >= 4 is 0 Å². The molecule has 0 aromatic carbocycles. The SMILES string of the molecule is [C-]#[N+]Cc1[nH]ncc1C. The molecule has 46 valence electrons. The van der Waals surface area contributed by atoms with E-state index in [1.807, 2.05) is 6.92 Å². The van der Waals surface area contributed by atoms with Crippen LogP contribution in [0.2, 0.25) is 0 Å². The highest BCUT2D eigenvalue weighted by molar-refractivity contribution is 5.14. The van der Waals surface area contributed by atoms with Crippen LogP contribution in [-0.2, 0) is 6.54 Å². The van der Waals surface area contributed by atoms with E-state index in [0.717, 1.165) is 11.3 Å². The van der Waals surface area contributed by atoms with E-state index in [4.69, 9.17) is 6.57 Å². The van der Waals surface area contributed by atoms with Crippen LogP contribution < -0.4 is 0 Å². The summed E-state index contributed by atoms with van der Waals surface area (Å²) in [5.74, 6) is 0. The topological polar surface area (TPSA) is 33.0 Å². The predicted octanol–water partition coefficient (Wildman–Crippen LogP) is 1.14. The average molecular weight is 121 g/mol. The summed E-state index contributed by atoms with van der Waals surface area (Å²) in [6.45, 7) is 8.90. The molecule has 0 atom stereocenters. The van der Waals surface area contributed by atoms with Crippen LogP contribution in [0.25, 0.3) is 4.85 Å². The van der Waals surface area contributed by atoms with Gasteiger partial charge in [0.25, 0.3) is 6.54 Å². The summed E-state index contributed by atoms with van der Waals surface area (Å²) >= 11 is 0. The van der Waals surface area contributed by atoms with Crippen LogP contribution >= 0.6 is 0 Å². The molecule has 1 rings (SSSR count). The number of rotatable bonds is 1. The fourth-order valence-corrected chi connectivity index (χ4v) is 0.612. The van der Waals surface area contributed by atoms with Gasteiger partial charge in [0.05, 0.1) is 6.20 Å². The fraction of sp³-hybridized carbons (Fsp3) is 0.333. The Labute approximate surface area is 53.5 Å².